The summed E-state index contributed by atoms with van der Waals surface area (Å²) in [6.45, 7) is 8.68. The molecule has 0 unspecified atom stereocenters. The number of nitrogens with zero attached hydrogens (tertiary/aromatic N) is 5. The Morgan fingerprint density at radius 3 is 2.25 bits per heavy atom. The lowest BCUT2D eigenvalue weighted by atomic mass is 10.1. The molecule has 2 amide bonds. The van der Waals surface area contributed by atoms with E-state index >= 15 is 0 Å². The number of aromatic nitrogens is 2. The van der Waals surface area contributed by atoms with Crippen LogP contribution in [0.5, 0.6) is 17.4 Å². The van der Waals surface area contributed by atoms with Gasteiger partial charge >= 0.3 is 0 Å². The van der Waals surface area contributed by atoms with Crippen LogP contribution in [0.3, 0.4) is 0 Å². The Morgan fingerprint density at radius 1 is 0.875 bits per heavy atom. The number of rotatable bonds is 10. The summed E-state index contributed by atoms with van der Waals surface area (Å²) in [5.41, 5.74) is 5.17. The molecule has 6 rings (SSSR count). The summed E-state index contributed by atoms with van der Waals surface area (Å²) in [7, 11) is 3.64. The lowest BCUT2D eigenvalue weighted by Crippen LogP contribution is -2.48. The number of hydrogen-bond acceptors (Lipinski definition) is 6. The number of carbonyl (C=O) groups excluding carboxylic acids is 2. The Bertz CT molecular complexity index is 1850. The second-order valence-electron chi connectivity index (χ2n) is 12.1. The van der Waals surface area contributed by atoms with E-state index in [4.69, 9.17) is 9.47 Å². The monoisotopic (exact) mass is 667 g/mol. The summed E-state index contributed by atoms with van der Waals surface area (Å²) < 4.78 is 13.7. The minimum absolute atomic E-state index is 0. The van der Waals surface area contributed by atoms with Crippen molar-refractivity contribution in [3.05, 3.63) is 114 Å². The molecular weight excluding hydrogens is 626 g/mol. The first kappa shape index (κ1) is 34.5. The Kier molecular flexibility index (Phi) is 11.0. The van der Waals surface area contributed by atoms with Crippen molar-refractivity contribution in [1.29, 1.82) is 0 Å². The highest BCUT2D eigenvalue weighted by atomic mass is 35.5. The number of carbonyl (C=O) groups is 2. The molecule has 1 aliphatic heterocycles. The van der Waals surface area contributed by atoms with Gasteiger partial charge in [-0.15, -0.1) is 12.4 Å². The van der Waals surface area contributed by atoms with Crippen LogP contribution < -0.4 is 14.4 Å². The first-order valence-corrected chi connectivity index (χ1v) is 16.1. The summed E-state index contributed by atoms with van der Waals surface area (Å²) in [6.07, 6.45) is 2.62. The van der Waals surface area contributed by atoms with E-state index in [1.807, 2.05) is 90.2 Å². The van der Waals surface area contributed by atoms with Crippen molar-refractivity contribution >= 4 is 40.8 Å². The van der Waals surface area contributed by atoms with Crippen LogP contribution in [0, 0.1) is 6.92 Å². The zero-order valence-corrected chi connectivity index (χ0v) is 28.7. The molecule has 0 N–H and O–H groups in total. The van der Waals surface area contributed by atoms with Gasteiger partial charge in [0.1, 0.15) is 17.2 Å². The van der Waals surface area contributed by atoms with Crippen molar-refractivity contribution in [3.8, 4) is 17.4 Å². The molecule has 2 aromatic heterocycles. The molecule has 48 heavy (non-hydrogen) atoms. The minimum Gasteiger partial charge on any atom is -0.494 e. The molecule has 0 atom stereocenters. The maximum atomic E-state index is 13.6. The quantitative estimate of drug-likeness (QED) is 0.158. The van der Waals surface area contributed by atoms with Crippen molar-refractivity contribution < 1.29 is 19.1 Å². The van der Waals surface area contributed by atoms with Crippen molar-refractivity contribution in [3.63, 3.8) is 0 Å². The molecule has 1 fully saturated rings. The van der Waals surface area contributed by atoms with Gasteiger partial charge in [-0.3, -0.25) is 14.5 Å². The molecule has 10 heteroatoms. The van der Waals surface area contributed by atoms with Crippen LogP contribution in [0.4, 0.5) is 5.69 Å². The molecule has 3 aromatic carbocycles. The lowest BCUT2D eigenvalue weighted by Gasteiger charge is -2.34. The molecule has 5 aromatic rings. The first-order valence-electron chi connectivity index (χ1n) is 16.1. The summed E-state index contributed by atoms with van der Waals surface area (Å²) in [6, 6.07) is 27.1. The maximum Gasteiger partial charge on any atom is 0.270 e. The van der Waals surface area contributed by atoms with Crippen LogP contribution in [0.25, 0.3) is 10.9 Å². The lowest BCUT2D eigenvalue weighted by molar-refractivity contribution is 0.0619. The Balaban J connectivity index is 0.00000451. The van der Waals surface area contributed by atoms with E-state index < -0.39 is 0 Å². The summed E-state index contributed by atoms with van der Waals surface area (Å²) in [5, 5.41) is 0.966. The van der Waals surface area contributed by atoms with Gasteiger partial charge in [0.2, 0.25) is 5.88 Å². The summed E-state index contributed by atoms with van der Waals surface area (Å²) in [4.78, 5) is 36.8. The number of pyridine rings is 1. The highest BCUT2D eigenvalue weighted by Gasteiger charge is 2.25. The van der Waals surface area contributed by atoms with Gasteiger partial charge < -0.3 is 23.8 Å². The SMILES string of the molecule is CCCOc1ccc(CN2CCN(C(=O)c3cc4ccc(Oc5ccc(N(C)C(=O)c6ccc(C)cc6)cn5)cc4n3C)CC2)cc1.Cl. The standard InChI is InChI=1S/C38H41N5O4.ClH/c1-5-22-46-32-14-8-28(9-15-32)26-42-18-20-43(21-19-42)38(45)35-23-30-12-16-33(24-34(30)41(35)4)47-36-17-13-31(25-39-36)40(3)37(44)29-10-6-27(2)7-11-29;/h6-17,23-25H,5,18-22,26H2,1-4H3;1H. The van der Waals surface area contributed by atoms with Gasteiger partial charge in [-0.05, 0) is 67.4 Å². The number of aryl methyl sites for hydroxylation is 2. The first-order chi connectivity index (χ1) is 22.8. The number of hydrogen-bond donors (Lipinski definition) is 0. The van der Waals surface area contributed by atoms with Gasteiger partial charge in [0.15, 0.2) is 0 Å². The number of anilines is 1. The molecule has 0 spiro atoms. The zero-order valence-electron chi connectivity index (χ0n) is 27.9. The van der Waals surface area contributed by atoms with Crippen molar-refractivity contribution in [2.24, 2.45) is 7.05 Å². The molecule has 3 heterocycles. The van der Waals surface area contributed by atoms with Gasteiger partial charge in [-0.25, -0.2) is 4.98 Å². The predicted octanol–water partition coefficient (Wildman–Crippen LogP) is 7.12. The second-order valence-corrected chi connectivity index (χ2v) is 12.1. The average Bonchev–Trinajstić information content (AvgIpc) is 3.43. The topological polar surface area (TPSA) is 80.1 Å². The van der Waals surface area contributed by atoms with Crippen LogP contribution in [-0.2, 0) is 13.6 Å². The fourth-order valence-corrected chi connectivity index (χ4v) is 5.78. The van der Waals surface area contributed by atoms with Gasteiger partial charge in [-0.2, -0.15) is 0 Å². The molecule has 1 aliphatic rings. The third-order valence-corrected chi connectivity index (χ3v) is 8.63. The smallest absolute Gasteiger partial charge is 0.270 e. The minimum atomic E-state index is -0.110. The molecule has 0 bridgehead atoms. The average molecular weight is 668 g/mol. The molecule has 0 saturated carbocycles. The van der Waals surface area contributed by atoms with E-state index in [0.29, 0.717) is 41.7 Å². The van der Waals surface area contributed by atoms with Crippen LogP contribution >= 0.6 is 12.4 Å². The third-order valence-electron chi connectivity index (χ3n) is 8.63. The van der Waals surface area contributed by atoms with Crippen LogP contribution in [0.2, 0.25) is 0 Å². The highest BCUT2D eigenvalue weighted by molar-refractivity contribution is 6.05. The maximum absolute atomic E-state index is 13.6. The fourth-order valence-electron chi connectivity index (χ4n) is 5.78. The van der Waals surface area contributed by atoms with E-state index in [1.54, 1.807) is 24.2 Å². The normalized spacial score (nSPS) is 13.2. The number of halogens is 1. The molecule has 9 nitrogen and oxygen atoms in total. The number of benzene rings is 3. The number of piperazine rings is 1. The van der Waals surface area contributed by atoms with Crippen LogP contribution in [0.15, 0.2) is 91.1 Å². The van der Waals surface area contributed by atoms with Gasteiger partial charge in [0, 0.05) is 69.9 Å². The van der Waals surface area contributed by atoms with E-state index in [9.17, 15) is 9.59 Å². The van der Waals surface area contributed by atoms with Crippen molar-refractivity contribution in [2.75, 3.05) is 44.7 Å². The molecule has 1 saturated heterocycles. The Morgan fingerprint density at radius 2 is 1.58 bits per heavy atom. The fraction of sp³-hybridized carbons (Fsp3) is 0.289. The summed E-state index contributed by atoms with van der Waals surface area (Å²) >= 11 is 0. The third kappa shape index (κ3) is 7.81. The highest BCUT2D eigenvalue weighted by Crippen LogP contribution is 2.28. The van der Waals surface area contributed by atoms with Crippen LogP contribution in [-0.4, -0.2) is 71.0 Å². The van der Waals surface area contributed by atoms with Crippen LogP contribution in [0.1, 0.15) is 45.3 Å². The largest absolute Gasteiger partial charge is 0.494 e. The van der Waals surface area contributed by atoms with Gasteiger partial charge in [-0.1, -0.05) is 36.8 Å². The Hall–Kier alpha value is -4.86. The van der Waals surface area contributed by atoms with E-state index in [2.05, 4.69) is 28.9 Å². The van der Waals surface area contributed by atoms with Crippen molar-refractivity contribution in [2.45, 2.75) is 26.8 Å². The van der Waals surface area contributed by atoms with Gasteiger partial charge in [0.05, 0.1) is 24.0 Å². The number of ether oxygens (including phenoxy) is 2. The molecule has 0 radical (unpaired) electrons. The van der Waals surface area contributed by atoms with E-state index in [-0.39, 0.29) is 24.2 Å². The van der Waals surface area contributed by atoms with E-state index in [0.717, 1.165) is 54.9 Å². The van der Waals surface area contributed by atoms with Crippen molar-refractivity contribution in [1.82, 2.24) is 19.4 Å². The Labute approximate surface area is 288 Å². The number of fused-ring (bicyclic) bond motifs is 1. The predicted molar refractivity (Wildman–Crippen MR) is 192 cm³/mol. The molecule has 0 aliphatic carbocycles. The molecular formula is C38H42ClN5O4. The number of amides is 2. The van der Waals surface area contributed by atoms with Gasteiger partial charge in [0.25, 0.3) is 11.8 Å². The zero-order chi connectivity index (χ0) is 32.9. The summed E-state index contributed by atoms with van der Waals surface area (Å²) in [5.74, 6) is 1.85. The molecule has 250 valence electrons. The van der Waals surface area contributed by atoms with E-state index in [1.165, 1.54) is 5.56 Å². The second kappa shape index (κ2) is 15.4.